The summed E-state index contributed by atoms with van der Waals surface area (Å²) in [6.07, 6.45) is -0.551. The Kier molecular flexibility index (Phi) is 5.65. The van der Waals surface area contributed by atoms with Crippen molar-refractivity contribution in [3.05, 3.63) is 71.8 Å². The van der Waals surface area contributed by atoms with Crippen LogP contribution in [-0.2, 0) is 4.74 Å². The fraction of sp³-hybridized carbons (Fsp3) is 0.200. The van der Waals surface area contributed by atoms with E-state index >= 15 is 0 Å². The maximum absolute atomic E-state index is 6.16. The van der Waals surface area contributed by atoms with Gasteiger partial charge in [-0.3, -0.25) is 0 Å². The maximum atomic E-state index is 6.16. The predicted molar refractivity (Wildman–Crippen MR) is 86.4 cm³/mol. The third-order valence-electron chi connectivity index (χ3n) is 3.03. The second-order valence-corrected chi connectivity index (χ2v) is 4.51. The highest BCUT2D eigenvalue weighted by molar-refractivity contribution is 5.28. The van der Waals surface area contributed by atoms with Gasteiger partial charge in [-0.2, -0.15) is 0 Å². The molecule has 0 saturated carbocycles. The van der Waals surface area contributed by atoms with Crippen molar-refractivity contribution in [1.82, 2.24) is 0 Å². The predicted octanol–water partition coefficient (Wildman–Crippen LogP) is 4.53. The van der Waals surface area contributed by atoms with Crippen molar-refractivity contribution in [2.75, 3.05) is 0 Å². The fourth-order valence-corrected chi connectivity index (χ4v) is 2.05. The zero-order chi connectivity index (χ0) is 14.9. The lowest BCUT2D eigenvalue weighted by Gasteiger charge is -2.18. The van der Waals surface area contributed by atoms with Crippen LogP contribution in [0.2, 0.25) is 0 Å². The van der Waals surface area contributed by atoms with E-state index in [0.29, 0.717) is 0 Å². The summed E-state index contributed by atoms with van der Waals surface area (Å²) in [7, 11) is 0. The van der Waals surface area contributed by atoms with Crippen LogP contribution in [0.15, 0.2) is 60.7 Å². The third-order valence-corrected chi connectivity index (χ3v) is 3.03. The van der Waals surface area contributed by atoms with E-state index in [1.807, 2.05) is 74.5 Å². The largest absolute Gasteiger partial charge is 0.340 e. The van der Waals surface area contributed by atoms with Crippen LogP contribution in [-0.4, -0.2) is 0 Å². The maximum Gasteiger partial charge on any atom is 0.145 e. The van der Waals surface area contributed by atoms with Crippen molar-refractivity contribution in [2.45, 2.75) is 26.1 Å². The highest BCUT2D eigenvalue weighted by Crippen LogP contribution is 2.26. The number of ether oxygens (including phenoxy) is 1. The number of hydrogen-bond acceptors (Lipinski definition) is 1. The van der Waals surface area contributed by atoms with Gasteiger partial charge in [0.2, 0.25) is 0 Å². The monoisotopic (exact) mass is 274 g/mol. The molecule has 2 rings (SSSR count). The quantitative estimate of drug-likeness (QED) is 0.744. The molecular formula is C20H18O. The van der Waals surface area contributed by atoms with E-state index in [1.54, 1.807) is 0 Å². The number of benzene rings is 2. The van der Waals surface area contributed by atoms with Crippen molar-refractivity contribution in [3.63, 3.8) is 0 Å². The highest BCUT2D eigenvalue weighted by atomic mass is 16.5. The molecule has 0 aliphatic carbocycles. The molecule has 0 aliphatic rings. The SMILES string of the molecule is CC#CC(OC(C#CC)c1ccccc1)c1ccccc1. The molecule has 1 heteroatoms. The first-order valence-electron chi connectivity index (χ1n) is 6.95. The normalized spacial score (nSPS) is 12.3. The Balaban J connectivity index is 2.28. The summed E-state index contributed by atoms with van der Waals surface area (Å²) in [5.41, 5.74) is 2.09. The van der Waals surface area contributed by atoms with Crippen LogP contribution in [0.1, 0.15) is 37.2 Å². The minimum Gasteiger partial charge on any atom is -0.340 e. The van der Waals surface area contributed by atoms with Gasteiger partial charge in [-0.05, 0) is 25.0 Å². The van der Waals surface area contributed by atoms with Gasteiger partial charge in [0.15, 0.2) is 0 Å². The van der Waals surface area contributed by atoms with Gasteiger partial charge in [0.1, 0.15) is 12.2 Å². The Morgan fingerprint density at radius 1 is 0.667 bits per heavy atom. The second kappa shape index (κ2) is 7.95. The Morgan fingerprint density at radius 2 is 1.05 bits per heavy atom. The van der Waals surface area contributed by atoms with Crippen LogP contribution < -0.4 is 0 Å². The molecule has 2 atom stereocenters. The van der Waals surface area contributed by atoms with Crippen LogP contribution in [0.25, 0.3) is 0 Å². The summed E-state index contributed by atoms with van der Waals surface area (Å²) in [5, 5.41) is 0. The first-order chi connectivity index (χ1) is 10.3. The molecule has 0 spiro atoms. The van der Waals surface area contributed by atoms with Crippen LogP contribution in [0.5, 0.6) is 0 Å². The molecule has 0 bridgehead atoms. The molecule has 0 saturated heterocycles. The van der Waals surface area contributed by atoms with Crippen LogP contribution in [0, 0.1) is 23.7 Å². The average Bonchev–Trinajstić information content (AvgIpc) is 2.55. The molecule has 0 aliphatic heterocycles. The molecule has 2 aromatic carbocycles. The zero-order valence-electron chi connectivity index (χ0n) is 12.3. The molecular weight excluding hydrogens is 256 g/mol. The minimum absolute atomic E-state index is 0.276. The summed E-state index contributed by atoms with van der Waals surface area (Å²) in [6, 6.07) is 20.0. The van der Waals surface area contributed by atoms with E-state index in [9.17, 15) is 0 Å². The van der Waals surface area contributed by atoms with Crippen LogP contribution in [0.4, 0.5) is 0 Å². The zero-order valence-corrected chi connectivity index (χ0v) is 12.3. The topological polar surface area (TPSA) is 9.23 Å². The standard InChI is InChI=1S/C20H18O/c1-3-11-19(17-13-7-5-8-14-17)21-20(12-4-2)18-15-9-6-10-16-18/h5-10,13-16,19-20H,1-2H3. The molecule has 21 heavy (non-hydrogen) atoms. The smallest absolute Gasteiger partial charge is 0.145 e. The molecule has 2 unspecified atom stereocenters. The first-order valence-corrected chi connectivity index (χ1v) is 6.95. The van der Waals surface area contributed by atoms with Crippen LogP contribution >= 0.6 is 0 Å². The molecule has 0 fully saturated rings. The average molecular weight is 274 g/mol. The fourth-order valence-electron chi connectivity index (χ4n) is 2.05. The molecule has 104 valence electrons. The highest BCUT2D eigenvalue weighted by Gasteiger charge is 2.16. The van der Waals surface area contributed by atoms with E-state index in [1.165, 1.54) is 0 Å². The van der Waals surface area contributed by atoms with Crippen LogP contribution in [0.3, 0.4) is 0 Å². The van der Waals surface area contributed by atoms with E-state index in [4.69, 9.17) is 4.74 Å². The lowest BCUT2D eigenvalue weighted by Crippen LogP contribution is -2.08. The summed E-state index contributed by atoms with van der Waals surface area (Å²) in [4.78, 5) is 0. The van der Waals surface area contributed by atoms with Gasteiger partial charge in [0.25, 0.3) is 0 Å². The van der Waals surface area contributed by atoms with Gasteiger partial charge < -0.3 is 4.74 Å². The van der Waals surface area contributed by atoms with Gasteiger partial charge in [-0.25, -0.2) is 0 Å². The van der Waals surface area contributed by atoms with Crippen molar-refractivity contribution >= 4 is 0 Å². The molecule has 2 aromatic rings. The van der Waals surface area contributed by atoms with Gasteiger partial charge in [-0.15, -0.1) is 11.8 Å². The van der Waals surface area contributed by atoms with Gasteiger partial charge in [0, 0.05) is 0 Å². The first kappa shape index (κ1) is 14.9. The van der Waals surface area contributed by atoms with E-state index in [0.717, 1.165) is 11.1 Å². The minimum atomic E-state index is -0.276. The second-order valence-electron chi connectivity index (χ2n) is 4.51. The summed E-state index contributed by atoms with van der Waals surface area (Å²) < 4.78 is 6.16. The molecule has 0 amide bonds. The summed E-state index contributed by atoms with van der Waals surface area (Å²) in [6.45, 7) is 3.64. The molecule has 0 radical (unpaired) electrons. The van der Waals surface area contributed by atoms with Gasteiger partial charge >= 0.3 is 0 Å². The summed E-state index contributed by atoms with van der Waals surface area (Å²) in [5.74, 6) is 12.1. The van der Waals surface area contributed by atoms with Gasteiger partial charge in [-0.1, -0.05) is 72.5 Å². The Morgan fingerprint density at radius 3 is 1.38 bits per heavy atom. The molecule has 0 N–H and O–H groups in total. The Hall–Kier alpha value is -2.48. The lowest BCUT2D eigenvalue weighted by molar-refractivity contribution is 0.0514. The Labute approximate surface area is 127 Å². The summed E-state index contributed by atoms with van der Waals surface area (Å²) >= 11 is 0. The third kappa shape index (κ3) is 4.25. The molecule has 0 aromatic heterocycles. The van der Waals surface area contributed by atoms with Crippen molar-refractivity contribution in [3.8, 4) is 23.7 Å². The lowest BCUT2D eigenvalue weighted by atomic mass is 10.1. The molecule has 0 heterocycles. The van der Waals surface area contributed by atoms with Crippen molar-refractivity contribution in [2.24, 2.45) is 0 Å². The van der Waals surface area contributed by atoms with E-state index in [-0.39, 0.29) is 12.2 Å². The number of hydrogen-bond donors (Lipinski definition) is 0. The van der Waals surface area contributed by atoms with Gasteiger partial charge in [0.05, 0.1) is 0 Å². The van der Waals surface area contributed by atoms with Crippen molar-refractivity contribution < 1.29 is 4.74 Å². The van der Waals surface area contributed by atoms with Crippen molar-refractivity contribution in [1.29, 1.82) is 0 Å². The number of rotatable bonds is 4. The Bertz CT molecular complexity index is 604. The van der Waals surface area contributed by atoms with E-state index < -0.39 is 0 Å². The van der Waals surface area contributed by atoms with E-state index in [2.05, 4.69) is 23.7 Å². The molecule has 1 nitrogen and oxygen atoms in total.